The van der Waals surface area contributed by atoms with Crippen LogP contribution < -0.4 is 5.32 Å². The molecule has 0 unspecified atom stereocenters. The van der Waals surface area contributed by atoms with Crippen LogP contribution >= 0.6 is 0 Å². The fourth-order valence-corrected chi connectivity index (χ4v) is 1.20. The van der Waals surface area contributed by atoms with Gasteiger partial charge in [-0.15, -0.1) is 0 Å². The van der Waals surface area contributed by atoms with Gasteiger partial charge in [-0.1, -0.05) is 25.1 Å². The standard InChI is InChI=1S/C11H13NO.CH4/c1-8-2-4-9(5-3-8)11(13)12-10-6-7-10;/h2-5,10H,6-7H2,1H3,(H,12,13);1H4. The molecule has 0 bridgehead atoms. The Kier molecular flexibility index (Phi) is 3.28. The number of hydrogen-bond donors (Lipinski definition) is 1. The molecule has 1 aromatic carbocycles. The van der Waals surface area contributed by atoms with Gasteiger partial charge in [0.15, 0.2) is 0 Å². The summed E-state index contributed by atoms with van der Waals surface area (Å²) in [4.78, 5) is 11.5. The molecule has 76 valence electrons. The number of hydrogen-bond acceptors (Lipinski definition) is 1. The van der Waals surface area contributed by atoms with Gasteiger partial charge in [0.1, 0.15) is 0 Å². The third kappa shape index (κ3) is 2.59. The second kappa shape index (κ2) is 4.27. The SMILES string of the molecule is C.Cc1ccc(C(=O)NC2CC2)cc1. The number of rotatable bonds is 2. The third-order valence-corrected chi connectivity index (χ3v) is 2.23. The zero-order valence-corrected chi connectivity index (χ0v) is 7.71. The predicted octanol–water partition coefficient (Wildman–Crippen LogP) is 2.52. The van der Waals surface area contributed by atoms with Crippen LogP contribution in [0.1, 0.15) is 36.2 Å². The van der Waals surface area contributed by atoms with E-state index < -0.39 is 0 Å². The van der Waals surface area contributed by atoms with E-state index in [-0.39, 0.29) is 13.3 Å². The van der Waals surface area contributed by atoms with E-state index in [1.165, 1.54) is 5.56 Å². The molecule has 1 aliphatic carbocycles. The summed E-state index contributed by atoms with van der Waals surface area (Å²) in [6, 6.07) is 8.10. The first-order valence-corrected chi connectivity index (χ1v) is 4.63. The lowest BCUT2D eigenvalue weighted by atomic mass is 10.1. The van der Waals surface area contributed by atoms with Gasteiger partial charge in [-0.3, -0.25) is 4.79 Å². The van der Waals surface area contributed by atoms with Gasteiger partial charge in [0.05, 0.1) is 0 Å². The summed E-state index contributed by atoms with van der Waals surface area (Å²) in [5.74, 6) is 0.0579. The highest BCUT2D eigenvalue weighted by Crippen LogP contribution is 2.19. The van der Waals surface area contributed by atoms with Crippen LogP contribution in [0.15, 0.2) is 24.3 Å². The second-order valence-electron chi connectivity index (χ2n) is 3.61. The summed E-state index contributed by atoms with van der Waals surface area (Å²) in [5.41, 5.74) is 1.94. The molecule has 1 saturated carbocycles. The first kappa shape index (κ1) is 10.8. The molecular weight excluding hydrogens is 174 g/mol. The first-order chi connectivity index (χ1) is 6.25. The van der Waals surface area contributed by atoms with E-state index in [9.17, 15) is 4.79 Å². The number of nitrogens with one attached hydrogen (secondary N) is 1. The molecule has 0 atom stereocenters. The summed E-state index contributed by atoms with van der Waals surface area (Å²) in [7, 11) is 0. The Morgan fingerprint density at radius 3 is 2.36 bits per heavy atom. The van der Waals surface area contributed by atoms with E-state index in [2.05, 4.69) is 5.32 Å². The molecule has 2 heteroatoms. The van der Waals surface area contributed by atoms with Gasteiger partial charge in [0, 0.05) is 11.6 Å². The van der Waals surface area contributed by atoms with Crippen LogP contribution in [-0.4, -0.2) is 11.9 Å². The zero-order chi connectivity index (χ0) is 9.26. The highest BCUT2D eigenvalue weighted by molar-refractivity contribution is 5.94. The first-order valence-electron chi connectivity index (χ1n) is 4.63. The van der Waals surface area contributed by atoms with E-state index in [1.807, 2.05) is 31.2 Å². The van der Waals surface area contributed by atoms with Crippen molar-refractivity contribution < 1.29 is 4.79 Å². The Morgan fingerprint density at radius 1 is 1.29 bits per heavy atom. The van der Waals surface area contributed by atoms with Crippen molar-refractivity contribution in [2.24, 2.45) is 0 Å². The van der Waals surface area contributed by atoms with Crippen LogP contribution in [0.5, 0.6) is 0 Å². The number of amides is 1. The summed E-state index contributed by atoms with van der Waals surface area (Å²) < 4.78 is 0. The van der Waals surface area contributed by atoms with E-state index in [0.717, 1.165) is 18.4 Å². The Balaban J connectivity index is 0.000000980. The van der Waals surface area contributed by atoms with Gasteiger partial charge < -0.3 is 5.32 Å². The minimum atomic E-state index is 0. The molecule has 0 spiro atoms. The van der Waals surface area contributed by atoms with Crippen LogP contribution in [0.25, 0.3) is 0 Å². The maximum absolute atomic E-state index is 11.5. The molecule has 1 N–H and O–H groups in total. The normalized spacial score (nSPS) is 14.4. The van der Waals surface area contributed by atoms with Crippen LogP contribution in [0.2, 0.25) is 0 Å². The smallest absolute Gasteiger partial charge is 0.251 e. The van der Waals surface area contributed by atoms with E-state index in [4.69, 9.17) is 0 Å². The highest BCUT2D eigenvalue weighted by atomic mass is 16.1. The van der Waals surface area contributed by atoms with Gasteiger partial charge in [-0.25, -0.2) is 0 Å². The number of carbonyl (C=O) groups excluding carboxylic acids is 1. The third-order valence-electron chi connectivity index (χ3n) is 2.23. The molecule has 1 amide bonds. The lowest BCUT2D eigenvalue weighted by Crippen LogP contribution is -2.25. The largest absolute Gasteiger partial charge is 0.349 e. The highest BCUT2D eigenvalue weighted by Gasteiger charge is 2.23. The summed E-state index contributed by atoms with van der Waals surface area (Å²) in [6.45, 7) is 2.02. The molecule has 2 nitrogen and oxygen atoms in total. The molecule has 1 aromatic rings. The Morgan fingerprint density at radius 2 is 1.86 bits per heavy atom. The Labute approximate surface area is 85.3 Å². The van der Waals surface area contributed by atoms with Gasteiger partial charge in [-0.05, 0) is 31.9 Å². The summed E-state index contributed by atoms with van der Waals surface area (Å²) >= 11 is 0. The van der Waals surface area contributed by atoms with E-state index >= 15 is 0 Å². The van der Waals surface area contributed by atoms with Crippen molar-refractivity contribution in [2.45, 2.75) is 33.2 Å². The minimum absolute atomic E-state index is 0. The van der Waals surface area contributed by atoms with Gasteiger partial charge in [0.25, 0.3) is 5.91 Å². The minimum Gasteiger partial charge on any atom is -0.349 e. The molecular formula is C12H17NO. The lowest BCUT2D eigenvalue weighted by molar-refractivity contribution is 0.0951. The maximum atomic E-state index is 11.5. The van der Waals surface area contributed by atoms with Crippen molar-refractivity contribution in [1.29, 1.82) is 0 Å². The molecule has 14 heavy (non-hydrogen) atoms. The van der Waals surface area contributed by atoms with E-state index in [0.29, 0.717) is 6.04 Å². The topological polar surface area (TPSA) is 29.1 Å². The van der Waals surface area contributed by atoms with E-state index in [1.54, 1.807) is 0 Å². The second-order valence-corrected chi connectivity index (χ2v) is 3.61. The zero-order valence-electron chi connectivity index (χ0n) is 7.71. The van der Waals surface area contributed by atoms with Crippen molar-refractivity contribution in [3.8, 4) is 0 Å². The van der Waals surface area contributed by atoms with Gasteiger partial charge in [0.2, 0.25) is 0 Å². The number of aryl methyl sites for hydroxylation is 1. The Hall–Kier alpha value is -1.31. The van der Waals surface area contributed by atoms with Crippen molar-refractivity contribution in [3.63, 3.8) is 0 Å². The number of carbonyl (C=O) groups is 1. The quantitative estimate of drug-likeness (QED) is 0.764. The molecule has 0 aromatic heterocycles. The summed E-state index contributed by atoms with van der Waals surface area (Å²) in [6.07, 6.45) is 2.27. The van der Waals surface area contributed by atoms with Crippen molar-refractivity contribution in [1.82, 2.24) is 5.32 Å². The van der Waals surface area contributed by atoms with Crippen molar-refractivity contribution in [2.75, 3.05) is 0 Å². The molecule has 0 heterocycles. The average Bonchev–Trinajstić information content (AvgIpc) is 2.89. The van der Waals surface area contributed by atoms with Crippen LogP contribution in [0, 0.1) is 6.92 Å². The van der Waals surface area contributed by atoms with Gasteiger partial charge >= 0.3 is 0 Å². The molecule has 0 saturated heterocycles. The predicted molar refractivity (Wildman–Crippen MR) is 58.4 cm³/mol. The van der Waals surface area contributed by atoms with Crippen LogP contribution in [0.3, 0.4) is 0 Å². The molecule has 2 rings (SSSR count). The molecule has 0 aliphatic heterocycles. The monoisotopic (exact) mass is 191 g/mol. The molecule has 1 fully saturated rings. The fraction of sp³-hybridized carbons (Fsp3) is 0.417. The van der Waals surface area contributed by atoms with Gasteiger partial charge in [-0.2, -0.15) is 0 Å². The summed E-state index contributed by atoms with van der Waals surface area (Å²) in [5, 5.41) is 2.95. The van der Waals surface area contributed by atoms with Crippen LogP contribution in [-0.2, 0) is 0 Å². The molecule has 0 radical (unpaired) electrons. The average molecular weight is 191 g/mol. The number of benzene rings is 1. The Bertz CT molecular complexity index is 312. The maximum Gasteiger partial charge on any atom is 0.251 e. The fourth-order valence-electron chi connectivity index (χ4n) is 1.20. The van der Waals surface area contributed by atoms with Crippen molar-refractivity contribution >= 4 is 5.91 Å². The van der Waals surface area contributed by atoms with Crippen molar-refractivity contribution in [3.05, 3.63) is 35.4 Å². The molecule has 1 aliphatic rings. The van der Waals surface area contributed by atoms with Crippen LogP contribution in [0.4, 0.5) is 0 Å². The lowest BCUT2D eigenvalue weighted by Gasteiger charge is -2.02.